The number of rotatable bonds is 38. The van der Waals surface area contributed by atoms with Crippen LogP contribution in [0.3, 0.4) is 0 Å². The number of hydrogen-bond donors (Lipinski definition) is 6. The number of ether oxygens (including phenoxy) is 2. The smallest absolute Gasteiger partial charge is 0.462 e. The van der Waals surface area contributed by atoms with E-state index in [1.807, 2.05) is 0 Å². The van der Waals surface area contributed by atoms with Crippen molar-refractivity contribution in [3.8, 4) is 0 Å². The van der Waals surface area contributed by atoms with Gasteiger partial charge in [-0.1, -0.05) is 160 Å². The van der Waals surface area contributed by atoms with E-state index >= 15 is 0 Å². The van der Waals surface area contributed by atoms with E-state index in [4.69, 9.17) is 18.5 Å². The zero-order valence-corrected chi connectivity index (χ0v) is 37.4. The summed E-state index contributed by atoms with van der Waals surface area (Å²) in [5.74, 6) is -1.10. The maximum atomic E-state index is 12.8. The summed E-state index contributed by atoms with van der Waals surface area (Å²) >= 11 is 0. The molecule has 6 N–H and O–H groups in total. The van der Waals surface area contributed by atoms with Gasteiger partial charge in [-0.3, -0.25) is 18.6 Å². The third-order valence-corrected chi connectivity index (χ3v) is 11.8. The van der Waals surface area contributed by atoms with Gasteiger partial charge in [-0.25, -0.2) is 4.57 Å². The highest BCUT2D eigenvalue weighted by Gasteiger charge is 2.51. The average Bonchev–Trinajstić information content (AvgIpc) is 3.21. The molecule has 0 amide bonds. The van der Waals surface area contributed by atoms with E-state index in [2.05, 4.69) is 38.2 Å². The fourth-order valence-electron chi connectivity index (χ4n) is 7.02. The molecular formula is C45H83O13P. The van der Waals surface area contributed by atoms with Crippen LogP contribution in [0.2, 0.25) is 0 Å². The summed E-state index contributed by atoms with van der Waals surface area (Å²) < 4.78 is 33.5. The average molecular weight is 863 g/mol. The van der Waals surface area contributed by atoms with Gasteiger partial charge in [0.2, 0.25) is 0 Å². The minimum absolute atomic E-state index is 0.0944. The van der Waals surface area contributed by atoms with Crippen molar-refractivity contribution in [3.63, 3.8) is 0 Å². The number of phosphoric ester groups is 1. The van der Waals surface area contributed by atoms with E-state index in [0.29, 0.717) is 12.8 Å². The van der Waals surface area contributed by atoms with Gasteiger partial charge in [0.25, 0.3) is 0 Å². The van der Waals surface area contributed by atoms with Crippen molar-refractivity contribution in [2.24, 2.45) is 0 Å². The van der Waals surface area contributed by atoms with Gasteiger partial charge in [0.1, 0.15) is 43.2 Å². The van der Waals surface area contributed by atoms with Crippen molar-refractivity contribution < 1.29 is 63.1 Å². The Bertz CT molecular complexity index is 1130. The second kappa shape index (κ2) is 35.9. The molecule has 6 atom stereocenters. The summed E-state index contributed by atoms with van der Waals surface area (Å²) in [4.78, 5) is 35.6. The zero-order valence-electron chi connectivity index (χ0n) is 36.6. The molecule has 346 valence electrons. The van der Waals surface area contributed by atoms with Gasteiger partial charge in [0.05, 0.1) is 6.61 Å². The van der Waals surface area contributed by atoms with Crippen LogP contribution >= 0.6 is 7.82 Å². The standard InChI is InChI=1S/C45H83O13P/c1-3-5-7-9-11-13-15-16-17-18-19-20-21-22-24-26-28-30-32-34-39(47)57-37(35-55-38(46)33-31-29-27-25-23-14-12-10-8-6-4-2)36-56-59(53,54)58-45-43(51)41(49)40(48)42(50)44(45)52/h11,13,16-17,37,40-45,48-52H,3-10,12,14-15,18-36H2,1-2H3,(H,53,54)/b13-11-,17-16-. The molecule has 1 aliphatic rings. The van der Waals surface area contributed by atoms with E-state index < -0.39 is 75.7 Å². The van der Waals surface area contributed by atoms with Gasteiger partial charge in [-0.05, 0) is 44.9 Å². The van der Waals surface area contributed by atoms with E-state index in [0.717, 1.165) is 57.8 Å². The Kier molecular flexibility index (Phi) is 33.7. The number of hydrogen-bond acceptors (Lipinski definition) is 12. The van der Waals surface area contributed by atoms with Crippen molar-refractivity contribution >= 4 is 19.8 Å². The Morgan fingerprint density at radius 2 is 0.915 bits per heavy atom. The molecular weight excluding hydrogens is 779 g/mol. The van der Waals surface area contributed by atoms with Crippen molar-refractivity contribution in [3.05, 3.63) is 24.3 Å². The van der Waals surface area contributed by atoms with Gasteiger partial charge >= 0.3 is 19.8 Å². The van der Waals surface area contributed by atoms with E-state index in [9.17, 15) is 44.6 Å². The maximum Gasteiger partial charge on any atom is 0.472 e. The Morgan fingerprint density at radius 1 is 0.525 bits per heavy atom. The van der Waals surface area contributed by atoms with Gasteiger partial charge in [-0.2, -0.15) is 0 Å². The molecule has 6 unspecified atom stereocenters. The van der Waals surface area contributed by atoms with Crippen molar-refractivity contribution in [2.45, 2.75) is 236 Å². The number of aliphatic hydroxyl groups excluding tert-OH is 5. The topological polar surface area (TPSA) is 210 Å². The number of phosphoric acid groups is 1. The summed E-state index contributed by atoms with van der Waals surface area (Å²) in [7, 11) is -5.11. The maximum absolute atomic E-state index is 12.8. The Hall–Kier alpha value is -1.67. The monoisotopic (exact) mass is 863 g/mol. The number of allylic oxidation sites excluding steroid dienone is 4. The first-order chi connectivity index (χ1) is 28.4. The Balaban J connectivity index is 2.43. The SMILES string of the molecule is CCCCC/C=C\C/C=C\CCCCCCCCCCCC(=O)OC(COC(=O)CCCCCCCCCCCCC)COP(=O)(O)OC1C(O)C(O)C(O)C(O)C1O. The molecule has 0 aromatic carbocycles. The van der Waals surface area contributed by atoms with E-state index in [-0.39, 0.29) is 12.8 Å². The molecule has 13 nitrogen and oxygen atoms in total. The predicted molar refractivity (Wildman–Crippen MR) is 230 cm³/mol. The molecule has 1 fully saturated rings. The van der Waals surface area contributed by atoms with Crippen molar-refractivity contribution in [1.82, 2.24) is 0 Å². The quantitative estimate of drug-likeness (QED) is 0.0149. The molecule has 0 spiro atoms. The van der Waals surface area contributed by atoms with Crippen molar-refractivity contribution in [1.29, 1.82) is 0 Å². The largest absolute Gasteiger partial charge is 0.472 e. The molecule has 0 heterocycles. The first-order valence-corrected chi connectivity index (χ1v) is 24.6. The van der Waals surface area contributed by atoms with Crippen LogP contribution in [0, 0.1) is 0 Å². The van der Waals surface area contributed by atoms with Gasteiger partial charge < -0.3 is 39.9 Å². The lowest BCUT2D eigenvalue weighted by Gasteiger charge is -2.41. The highest BCUT2D eigenvalue weighted by molar-refractivity contribution is 7.47. The van der Waals surface area contributed by atoms with Gasteiger partial charge in [0, 0.05) is 12.8 Å². The number of aliphatic hydroxyl groups is 5. The Labute approximate surface area is 356 Å². The van der Waals surface area contributed by atoms with Crippen LogP contribution in [0.15, 0.2) is 24.3 Å². The lowest BCUT2D eigenvalue weighted by molar-refractivity contribution is -0.220. The normalized spacial score (nSPS) is 22.5. The fourth-order valence-corrected chi connectivity index (χ4v) is 8.00. The first kappa shape index (κ1) is 55.3. The summed E-state index contributed by atoms with van der Waals surface area (Å²) in [6, 6.07) is 0. The molecule has 0 aliphatic heterocycles. The molecule has 59 heavy (non-hydrogen) atoms. The molecule has 0 radical (unpaired) electrons. The first-order valence-electron chi connectivity index (χ1n) is 23.1. The van der Waals surface area contributed by atoms with Gasteiger partial charge in [-0.15, -0.1) is 0 Å². The Morgan fingerprint density at radius 3 is 1.41 bits per heavy atom. The molecule has 0 bridgehead atoms. The van der Waals surface area contributed by atoms with E-state index in [1.165, 1.54) is 96.3 Å². The minimum atomic E-state index is -5.11. The predicted octanol–water partition coefficient (Wildman–Crippen LogP) is 8.84. The van der Waals surface area contributed by atoms with Crippen LogP contribution in [-0.4, -0.2) is 98.3 Å². The highest BCUT2D eigenvalue weighted by Crippen LogP contribution is 2.47. The van der Waals surface area contributed by atoms with Crippen LogP contribution < -0.4 is 0 Å². The van der Waals surface area contributed by atoms with E-state index in [1.54, 1.807) is 0 Å². The molecule has 0 saturated heterocycles. The van der Waals surface area contributed by atoms with Crippen LogP contribution in [0.1, 0.15) is 194 Å². The third-order valence-electron chi connectivity index (χ3n) is 10.8. The summed E-state index contributed by atoms with van der Waals surface area (Å²) in [6.07, 6.45) is 25.2. The summed E-state index contributed by atoms with van der Waals surface area (Å²) in [5.41, 5.74) is 0. The lowest BCUT2D eigenvalue weighted by Crippen LogP contribution is -2.64. The molecule has 14 heteroatoms. The molecule has 1 saturated carbocycles. The number of esters is 2. The van der Waals surface area contributed by atoms with Crippen LogP contribution in [0.4, 0.5) is 0 Å². The summed E-state index contributed by atoms with van der Waals surface area (Å²) in [6.45, 7) is 3.26. The fraction of sp³-hybridized carbons (Fsp3) is 0.867. The number of carbonyl (C=O) groups is 2. The van der Waals surface area contributed by atoms with Crippen LogP contribution in [0.25, 0.3) is 0 Å². The third kappa shape index (κ3) is 28.5. The minimum Gasteiger partial charge on any atom is -0.462 e. The molecule has 1 aliphatic carbocycles. The molecule has 0 aromatic heterocycles. The molecule has 0 aromatic rings. The lowest BCUT2D eigenvalue weighted by atomic mass is 9.85. The van der Waals surface area contributed by atoms with Crippen LogP contribution in [-0.2, 0) is 32.7 Å². The van der Waals surface area contributed by atoms with Gasteiger partial charge in [0.15, 0.2) is 6.10 Å². The second-order valence-corrected chi connectivity index (χ2v) is 17.7. The zero-order chi connectivity index (χ0) is 43.6. The highest BCUT2D eigenvalue weighted by atomic mass is 31.2. The van der Waals surface area contributed by atoms with Crippen molar-refractivity contribution in [2.75, 3.05) is 13.2 Å². The summed E-state index contributed by atoms with van der Waals surface area (Å²) in [5, 5.41) is 50.1. The second-order valence-electron chi connectivity index (χ2n) is 16.3. The number of carbonyl (C=O) groups excluding carboxylic acids is 2. The van der Waals surface area contributed by atoms with Crippen LogP contribution in [0.5, 0.6) is 0 Å². The number of unbranched alkanes of at least 4 members (excludes halogenated alkanes) is 22. The molecule has 1 rings (SSSR count).